The molecule has 0 radical (unpaired) electrons. The van der Waals surface area contributed by atoms with E-state index in [1.807, 2.05) is 22.9 Å². The first-order valence-corrected chi connectivity index (χ1v) is 4.58. The van der Waals surface area contributed by atoms with Crippen molar-refractivity contribution in [3.8, 4) is 0 Å². The zero-order valence-electron chi connectivity index (χ0n) is 7.69. The zero-order chi connectivity index (χ0) is 9.26. The Morgan fingerprint density at radius 1 is 1.62 bits per heavy atom. The van der Waals surface area contributed by atoms with Crippen molar-refractivity contribution >= 4 is 5.97 Å². The first-order chi connectivity index (χ1) is 6.33. The standard InChI is InChI=1S/C10H13NO2/c1-13-10(12)9-6-3-7-11(9)8-4-2-5-8/h3,6-8H,2,4-5H2,1H3. The first kappa shape index (κ1) is 8.35. The fraction of sp³-hybridized carbons (Fsp3) is 0.500. The normalized spacial score (nSPS) is 16.7. The number of rotatable bonds is 2. The molecule has 1 saturated carbocycles. The summed E-state index contributed by atoms with van der Waals surface area (Å²) in [7, 11) is 1.42. The molecule has 2 rings (SSSR count). The van der Waals surface area contributed by atoms with Crippen molar-refractivity contribution < 1.29 is 9.53 Å². The van der Waals surface area contributed by atoms with Gasteiger partial charge in [0.25, 0.3) is 0 Å². The third kappa shape index (κ3) is 1.34. The number of carbonyl (C=O) groups excluding carboxylic acids is 1. The van der Waals surface area contributed by atoms with E-state index < -0.39 is 0 Å². The van der Waals surface area contributed by atoms with Crippen LogP contribution in [-0.2, 0) is 4.74 Å². The molecule has 0 spiro atoms. The molecule has 1 aliphatic carbocycles. The quantitative estimate of drug-likeness (QED) is 0.650. The molecule has 0 unspecified atom stereocenters. The third-order valence-corrected chi connectivity index (χ3v) is 2.64. The highest BCUT2D eigenvalue weighted by Crippen LogP contribution is 2.32. The van der Waals surface area contributed by atoms with E-state index >= 15 is 0 Å². The van der Waals surface area contributed by atoms with E-state index in [1.165, 1.54) is 26.4 Å². The van der Waals surface area contributed by atoms with E-state index in [0.717, 1.165) is 0 Å². The van der Waals surface area contributed by atoms with Gasteiger partial charge in [-0.25, -0.2) is 4.79 Å². The van der Waals surface area contributed by atoms with Gasteiger partial charge in [0, 0.05) is 12.2 Å². The van der Waals surface area contributed by atoms with Crippen LogP contribution in [0.25, 0.3) is 0 Å². The van der Waals surface area contributed by atoms with Gasteiger partial charge in [0.2, 0.25) is 0 Å². The molecule has 0 amide bonds. The van der Waals surface area contributed by atoms with Crippen LogP contribution >= 0.6 is 0 Å². The highest BCUT2D eigenvalue weighted by atomic mass is 16.5. The summed E-state index contributed by atoms with van der Waals surface area (Å²) >= 11 is 0. The second-order valence-corrected chi connectivity index (χ2v) is 3.38. The molecular weight excluding hydrogens is 166 g/mol. The second-order valence-electron chi connectivity index (χ2n) is 3.38. The molecule has 1 aliphatic rings. The molecule has 1 heterocycles. The van der Waals surface area contributed by atoms with E-state index in [2.05, 4.69) is 0 Å². The van der Waals surface area contributed by atoms with Crippen molar-refractivity contribution in [2.75, 3.05) is 7.11 Å². The lowest BCUT2D eigenvalue weighted by Crippen LogP contribution is -2.20. The van der Waals surface area contributed by atoms with Crippen molar-refractivity contribution in [1.82, 2.24) is 4.57 Å². The molecule has 0 N–H and O–H groups in total. The number of methoxy groups -OCH3 is 1. The summed E-state index contributed by atoms with van der Waals surface area (Å²) in [4.78, 5) is 11.3. The Bertz CT molecular complexity index is 312. The number of nitrogens with zero attached hydrogens (tertiary/aromatic N) is 1. The van der Waals surface area contributed by atoms with E-state index in [0.29, 0.717) is 11.7 Å². The summed E-state index contributed by atoms with van der Waals surface area (Å²) < 4.78 is 6.72. The topological polar surface area (TPSA) is 31.2 Å². The lowest BCUT2D eigenvalue weighted by Gasteiger charge is -2.28. The summed E-state index contributed by atoms with van der Waals surface area (Å²) in [6.45, 7) is 0. The molecule has 0 atom stereocenters. The Kier molecular flexibility index (Phi) is 2.08. The number of hydrogen-bond acceptors (Lipinski definition) is 2. The minimum Gasteiger partial charge on any atom is -0.464 e. The van der Waals surface area contributed by atoms with Crippen molar-refractivity contribution in [2.24, 2.45) is 0 Å². The molecule has 0 aromatic carbocycles. The van der Waals surface area contributed by atoms with Crippen LogP contribution in [0.4, 0.5) is 0 Å². The summed E-state index contributed by atoms with van der Waals surface area (Å²) in [5.74, 6) is -0.239. The SMILES string of the molecule is COC(=O)c1cccn1C1CCC1. The smallest absolute Gasteiger partial charge is 0.354 e. The first-order valence-electron chi connectivity index (χ1n) is 4.58. The van der Waals surface area contributed by atoms with Gasteiger partial charge in [-0.2, -0.15) is 0 Å². The van der Waals surface area contributed by atoms with Crippen LogP contribution in [0, 0.1) is 0 Å². The lowest BCUT2D eigenvalue weighted by molar-refractivity contribution is 0.0582. The molecule has 1 aromatic heterocycles. The van der Waals surface area contributed by atoms with Gasteiger partial charge in [-0.1, -0.05) is 0 Å². The molecule has 0 aliphatic heterocycles. The largest absolute Gasteiger partial charge is 0.464 e. The van der Waals surface area contributed by atoms with Crippen LogP contribution in [0.2, 0.25) is 0 Å². The Morgan fingerprint density at radius 2 is 2.38 bits per heavy atom. The van der Waals surface area contributed by atoms with Crippen LogP contribution in [0.5, 0.6) is 0 Å². The minimum atomic E-state index is -0.239. The van der Waals surface area contributed by atoms with Crippen LogP contribution in [0.15, 0.2) is 18.3 Å². The number of aromatic nitrogens is 1. The second kappa shape index (κ2) is 3.24. The predicted molar refractivity (Wildman–Crippen MR) is 48.7 cm³/mol. The highest BCUT2D eigenvalue weighted by Gasteiger charge is 2.23. The summed E-state index contributed by atoms with van der Waals surface area (Å²) in [5, 5.41) is 0. The molecule has 0 bridgehead atoms. The Morgan fingerprint density at radius 3 is 2.92 bits per heavy atom. The third-order valence-electron chi connectivity index (χ3n) is 2.64. The van der Waals surface area contributed by atoms with Crippen molar-refractivity contribution in [2.45, 2.75) is 25.3 Å². The van der Waals surface area contributed by atoms with E-state index in [-0.39, 0.29) is 5.97 Å². The molecule has 70 valence electrons. The average Bonchev–Trinajstić information content (AvgIpc) is 2.49. The van der Waals surface area contributed by atoms with Crippen LogP contribution in [0.3, 0.4) is 0 Å². The Balaban J connectivity index is 2.24. The molecule has 3 heteroatoms. The van der Waals surface area contributed by atoms with E-state index in [4.69, 9.17) is 4.74 Å². The molecule has 13 heavy (non-hydrogen) atoms. The van der Waals surface area contributed by atoms with Gasteiger partial charge in [-0.15, -0.1) is 0 Å². The summed E-state index contributed by atoms with van der Waals surface area (Å²) in [5.41, 5.74) is 0.673. The fourth-order valence-electron chi connectivity index (χ4n) is 1.65. The van der Waals surface area contributed by atoms with Gasteiger partial charge in [0.15, 0.2) is 0 Å². The molecule has 1 aromatic rings. The monoisotopic (exact) mass is 179 g/mol. The van der Waals surface area contributed by atoms with Gasteiger partial charge in [0.05, 0.1) is 7.11 Å². The maximum absolute atomic E-state index is 11.3. The van der Waals surface area contributed by atoms with Gasteiger partial charge < -0.3 is 9.30 Å². The fourth-order valence-corrected chi connectivity index (χ4v) is 1.65. The average molecular weight is 179 g/mol. The van der Waals surface area contributed by atoms with E-state index in [1.54, 1.807) is 0 Å². The van der Waals surface area contributed by atoms with Gasteiger partial charge in [0.1, 0.15) is 5.69 Å². The zero-order valence-corrected chi connectivity index (χ0v) is 7.69. The molecular formula is C10H13NO2. The van der Waals surface area contributed by atoms with Crippen molar-refractivity contribution in [1.29, 1.82) is 0 Å². The summed E-state index contributed by atoms with van der Waals surface area (Å²) in [6, 6.07) is 4.22. The van der Waals surface area contributed by atoms with Gasteiger partial charge >= 0.3 is 5.97 Å². The molecule has 1 fully saturated rings. The minimum absolute atomic E-state index is 0.239. The van der Waals surface area contributed by atoms with Crippen molar-refractivity contribution in [3.63, 3.8) is 0 Å². The number of carbonyl (C=O) groups is 1. The predicted octanol–water partition coefficient (Wildman–Crippen LogP) is 2.00. The number of ether oxygens (including phenoxy) is 1. The van der Waals surface area contributed by atoms with Crippen molar-refractivity contribution in [3.05, 3.63) is 24.0 Å². The van der Waals surface area contributed by atoms with Gasteiger partial charge in [-0.05, 0) is 31.4 Å². The van der Waals surface area contributed by atoms with Crippen LogP contribution in [0.1, 0.15) is 35.8 Å². The molecule has 3 nitrogen and oxygen atoms in total. The maximum Gasteiger partial charge on any atom is 0.354 e. The van der Waals surface area contributed by atoms with Crippen LogP contribution < -0.4 is 0 Å². The number of hydrogen-bond donors (Lipinski definition) is 0. The number of esters is 1. The van der Waals surface area contributed by atoms with E-state index in [9.17, 15) is 4.79 Å². The highest BCUT2D eigenvalue weighted by molar-refractivity contribution is 5.87. The van der Waals surface area contributed by atoms with Crippen LogP contribution in [-0.4, -0.2) is 17.6 Å². The molecule has 0 saturated heterocycles. The summed E-state index contributed by atoms with van der Waals surface area (Å²) in [6.07, 6.45) is 5.58. The lowest BCUT2D eigenvalue weighted by atomic mass is 9.93. The maximum atomic E-state index is 11.3. The Hall–Kier alpha value is -1.25. The Labute approximate surface area is 77.3 Å². The van der Waals surface area contributed by atoms with Gasteiger partial charge in [-0.3, -0.25) is 0 Å².